The van der Waals surface area contributed by atoms with E-state index in [0.717, 1.165) is 69.0 Å². The van der Waals surface area contributed by atoms with Crippen molar-refractivity contribution in [3.63, 3.8) is 0 Å². The monoisotopic (exact) mass is 486 g/mol. The second-order valence-electron chi connectivity index (χ2n) is 10.2. The summed E-state index contributed by atoms with van der Waals surface area (Å²) in [7, 11) is 0. The third kappa shape index (κ3) is 5.63. The van der Waals surface area contributed by atoms with Crippen molar-refractivity contribution in [3.8, 4) is 11.1 Å². The molecule has 0 aliphatic carbocycles. The highest BCUT2D eigenvalue weighted by Gasteiger charge is 2.31. The third-order valence-corrected chi connectivity index (χ3v) is 8.32. The normalized spacial score (nSPS) is 18.1. The quantitative estimate of drug-likeness (QED) is 0.390. The SMILES string of the molecule is Cc1ccc(-c2ccccc2CN2CCC(C(=O)N3CCC(c4ccccc4)CC3)CC2)cc1Cl. The molecule has 3 aromatic rings. The van der Waals surface area contributed by atoms with E-state index in [2.05, 4.69) is 82.6 Å². The van der Waals surface area contributed by atoms with E-state index >= 15 is 0 Å². The smallest absolute Gasteiger partial charge is 0.225 e. The van der Waals surface area contributed by atoms with Gasteiger partial charge < -0.3 is 4.90 Å². The van der Waals surface area contributed by atoms with Gasteiger partial charge in [-0.25, -0.2) is 0 Å². The highest BCUT2D eigenvalue weighted by Crippen LogP contribution is 2.32. The van der Waals surface area contributed by atoms with Crippen LogP contribution in [-0.4, -0.2) is 41.9 Å². The van der Waals surface area contributed by atoms with E-state index in [9.17, 15) is 4.79 Å². The van der Waals surface area contributed by atoms with Crippen molar-refractivity contribution in [2.24, 2.45) is 5.92 Å². The van der Waals surface area contributed by atoms with Crippen molar-refractivity contribution in [2.45, 2.75) is 45.1 Å². The molecule has 35 heavy (non-hydrogen) atoms. The molecule has 4 heteroatoms. The molecule has 0 radical (unpaired) electrons. The number of hydrogen-bond acceptors (Lipinski definition) is 2. The highest BCUT2D eigenvalue weighted by molar-refractivity contribution is 6.31. The Labute approximate surface area is 214 Å². The molecule has 0 atom stereocenters. The Morgan fingerprint density at radius 2 is 1.54 bits per heavy atom. The van der Waals surface area contributed by atoms with E-state index in [-0.39, 0.29) is 5.92 Å². The molecule has 0 bridgehead atoms. The lowest BCUT2D eigenvalue weighted by atomic mass is 9.88. The first kappa shape index (κ1) is 24.1. The van der Waals surface area contributed by atoms with Gasteiger partial charge in [-0.15, -0.1) is 0 Å². The third-order valence-electron chi connectivity index (χ3n) is 7.91. The molecular weight excluding hydrogens is 452 g/mol. The lowest BCUT2D eigenvalue weighted by Crippen LogP contribution is -2.45. The Hall–Kier alpha value is -2.62. The number of halogens is 1. The predicted molar refractivity (Wildman–Crippen MR) is 145 cm³/mol. The van der Waals surface area contributed by atoms with Crippen LogP contribution in [0.3, 0.4) is 0 Å². The summed E-state index contributed by atoms with van der Waals surface area (Å²) in [6.07, 6.45) is 4.06. The Kier molecular flexibility index (Phi) is 7.55. The minimum absolute atomic E-state index is 0.172. The zero-order valence-corrected chi connectivity index (χ0v) is 21.4. The van der Waals surface area contributed by atoms with Gasteiger partial charge in [0.15, 0.2) is 0 Å². The maximum absolute atomic E-state index is 13.3. The van der Waals surface area contributed by atoms with Gasteiger partial charge >= 0.3 is 0 Å². The van der Waals surface area contributed by atoms with Crippen molar-refractivity contribution in [3.05, 3.63) is 94.5 Å². The van der Waals surface area contributed by atoms with Crippen molar-refractivity contribution >= 4 is 17.5 Å². The molecule has 0 spiro atoms. The number of benzene rings is 3. The molecule has 182 valence electrons. The van der Waals surface area contributed by atoms with Gasteiger partial charge in [0, 0.05) is 30.6 Å². The molecule has 2 heterocycles. The van der Waals surface area contributed by atoms with Crippen LogP contribution in [0, 0.1) is 12.8 Å². The predicted octanol–water partition coefficient (Wildman–Crippen LogP) is 6.93. The van der Waals surface area contributed by atoms with Gasteiger partial charge in [-0.2, -0.15) is 0 Å². The summed E-state index contributed by atoms with van der Waals surface area (Å²) >= 11 is 6.41. The maximum atomic E-state index is 13.3. The average Bonchev–Trinajstić information content (AvgIpc) is 2.91. The molecule has 0 unspecified atom stereocenters. The molecular formula is C31H35ClN2O. The topological polar surface area (TPSA) is 23.6 Å². The van der Waals surface area contributed by atoms with Crippen LogP contribution in [0.25, 0.3) is 11.1 Å². The molecule has 0 saturated carbocycles. The first-order valence-corrected chi connectivity index (χ1v) is 13.4. The van der Waals surface area contributed by atoms with Gasteiger partial charge in [0.2, 0.25) is 5.91 Å². The fraction of sp³-hybridized carbons (Fsp3) is 0.387. The number of hydrogen-bond donors (Lipinski definition) is 0. The zero-order valence-electron chi connectivity index (χ0n) is 20.6. The largest absolute Gasteiger partial charge is 0.342 e. The van der Waals surface area contributed by atoms with Gasteiger partial charge in [-0.05, 0) is 85.5 Å². The van der Waals surface area contributed by atoms with Crippen LogP contribution in [0.1, 0.15) is 48.3 Å². The molecule has 0 aromatic heterocycles. The van der Waals surface area contributed by atoms with Gasteiger partial charge in [-0.3, -0.25) is 9.69 Å². The lowest BCUT2D eigenvalue weighted by Gasteiger charge is -2.37. The van der Waals surface area contributed by atoms with E-state index in [1.165, 1.54) is 22.3 Å². The summed E-state index contributed by atoms with van der Waals surface area (Å²) < 4.78 is 0. The molecule has 2 aliphatic rings. The van der Waals surface area contributed by atoms with E-state index in [1.54, 1.807) is 0 Å². The summed E-state index contributed by atoms with van der Waals surface area (Å²) in [5.74, 6) is 1.14. The molecule has 2 saturated heterocycles. The Bertz CT molecular complexity index is 1150. The van der Waals surface area contributed by atoms with E-state index in [0.29, 0.717) is 11.8 Å². The minimum atomic E-state index is 0.172. The fourth-order valence-electron chi connectivity index (χ4n) is 5.70. The molecule has 2 aliphatic heterocycles. The maximum Gasteiger partial charge on any atom is 0.225 e. The van der Waals surface area contributed by atoms with Crippen molar-refractivity contribution in [2.75, 3.05) is 26.2 Å². The first-order valence-electron chi connectivity index (χ1n) is 13.0. The van der Waals surface area contributed by atoms with Crippen LogP contribution in [-0.2, 0) is 11.3 Å². The van der Waals surface area contributed by atoms with Crippen LogP contribution in [0.2, 0.25) is 5.02 Å². The highest BCUT2D eigenvalue weighted by atomic mass is 35.5. The van der Waals surface area contributed by atoms with Crippen molar-refractivity contribution in [1.29, 1.82) is 0 Å². The number of likely N-dealkylation sites (tertiary alicyclic amines) is 2. The number of rotatable bonds is 5. The fourth-order valence-corrected chi connectivity index (χ4v) is 5.88. The molecule has 3 nitrogen and oxygen atoms in total. The van der Waals surface area contributed by atoms with Gasteiger partial charge in [0.25, 0.3) is 0 Å². The molecule has 1 amide bonds. The summed E-state index contributed by atoms with van der Waals surface area (Å²) in [6, 6.07) is 25.7. The molecule has 5 rings (SSSR count). The second kappa shape index (κ2) is 11.0. The number of nitrogens with zero attached hydrogens (tertiary/aromatic N) is 2. The van der Waals surface area contributed by atoms with Crippen LogP contribution in [0.5, 0.6) is 0 Å². The minimum Gasteiger partial charge on any atom is -0.342 e. The standard InChI is InChI=1S/C31H35ClN2O/c1-23-11-12-27(21-30(23)32)29-10-6-5-9-28(29)22-33-17-13-26(14-18-33)31(35)34-19-15-25(16-20-34)24-7-3-2-4-8-24/h2-12,21,25-26H,13-20,22H2,1H3. The summed E-state index contributed by atoms with van der Waals surface area (Å²) in [4.78, 5) is 17.9. The Morgan fingerprint density at radius 3 is 2.26 bits per heavy atom. The summed E-state index contributed by atoms with van der Waals surface area (Å²) in [6.45, 7) is 6.68. The lowest BCUT2D eigenvalue weighted by molar-refractivity contribution is -0.138. The summed E-state index contributed by atoms with van der Waals surface area (Å²) in [5.41, 5.74) is 6.25. The van der Waals surface area contributed by atoms with E-state index in [1.807, 2.05) is 6.92 Å². The van der Waals surface area contributed by atoms with Gasteiger partial charge in [0.05, 0.1) is 0 Å². The van der Waals surface area contributed by atoms with Crippen LogP contribution >= 0.6 is 11.6 Å². The number of carbonyl (C=O) groups excluding carboxylic acids is 1. The van der Waals surface area contributed by atoms with E-state index < -0.39 is 0 Å². The van der Waals surface area contributed by atoms with Crippen LogP contribution < -0.4 is 0 Å². The van der Waals surface area contributed by atoms with Crippen LogP contribution in [0.15, 0.2) is 72.8 Å². The number of aryl methyl sites for hydroxylation is 1. The van der Waals surface area contributed by atoms with Crippen LogP contribution in [0.4, 0.5) is 0 Å². The molecule has 0 N–H and O–H groups in total. The average molecular weight is 487 g/mol. The molecule has 3 aromatic carbocycles. The zero-order chi connectivity index (χ0) is 24.2. The first-order chi connectivity index (χ1) is 17.1. The number of amides is 1. The number of carbonyl (C=O) groups is 1. The second-order valence-corrected chi connectivity index (χ2v) is 10.6. The number of piperidine rings is 2. The van der Waals surface area contributed by atoms with Gasteiger partial charge in [0.1, 0.15) is 0 Å². The van der Waals surface area contributed by atoms with Crippen molar-refractivity contribution in [1.82, 2.24) is 9.80 Å². The Balaban J connectivity index is 1.15. The van der Waals surface area contributed by atoms with E-state index in [4.69, 9.17) is 11.6 Å². The summed E-state index contributed by atoms with van der Waals surface area (Å²) in [5, 5.41) is 0.810. The molecule has 2 fully saturated rings. The van der Waals surface area contributed by atoms with Gasteiger partial charge in [-0.1, -0.05) is 78.3 Å². The Morgan fingerprint density at radius 1 is 0.857 bits per heavy atom. The van der Waals surface area contributed by atoms with Crippen molar-refractivity contribution < 1.29 is 4.79 Å².